The van der Waals surface area contributed by atoms with Crippen molar-refractivity contribution in [1.29, 1.82) is 0 Å². The summed E-state index contributed by atoms with van der Waals surface area (Å²) < 4.78 is 26.3. The molecule has 3 N–H and O–H groups in total. The molecule has 2 fully saturated rings. The van der Waals surface area contributed by atoms with E-state index in [0.29, 0.717) is 65.2 Å². The fourth-order valence-corrected chi connectivity index (χ4v) is 5.91. The standard InChI is InChI=1S/C29H34FN5O4/c1-2-20-21(30)8-7-18-13-19(36)14-23(24(18)20)35-15-22-25(27(35)37)26(34-10-5-3-4-6-11-34)33-28(32-22)39-17-29(31)9-12-38-16-29/h7-8,13-14,36H,2-6,9-12,15-17,31H2,1H3/t29-/m0/s1. The van der Waals surface area contributed by atoms with Crippen LogP contribution in [0, 0.1) is 5.82 Å². The van der Waals surface area contributed by atoms with E-state index < -0.39 is 5.54 Å². The van der Waals surface area contributed by atoms with Crippen LogP contribution in [0.4, 0.5) is 15.9 Å². The molecule has 1 aromatic heterocycles. The lowest BCUT2D eigenvalue weighted by Crippen LogP contribution is -2.46. The molecule has 3 aliphatic rings. The maximum absolute atomic E-state index is 14.9. The van der Waals surface area contributed by atoms with Gasteiger partial charge in [0.25, 0.3) is 5.91 Å². The van der Waals surface area contributed by atoms with E-state index in [1.807, 2.05) is 6.92 Å². The SMILES string of the molecule is CCc1c(F)ccc2cc(O)cc(N3Cc4nc(OC[C@]5(N)CCOC5)nc(N5CCCCCC5)c4C3=O)c12. The van der Waals surface area contributed by atoms with Gasteiger partial charge in [0.15, 0.2) is 0 Å². The van der Waals surface area contributed by atoms with E-state index in [9.17, 15) is 14.3 Å². The first-order chi connectivity index (χ1) is 18.9. The number of halogens is 1. The van der Waals surface area contributed by atoms with E-state index in [-0.39, 0.29) is 36.6 Å². The second-order valence-corrected chi connectivity index (χ2v) is 10.8. The van der Waals surface area contributed by atoms with Gasteiger partial charge in [-0.3, -0.25) is 4.79 Å². The van der Waals surface area contributed by atoms with Crippen molar-refractivity contribution in [2.24, 2.45) is 5.73 Å². The highest BCUT2D eigenvalue weighted by Gasteiger charge is 2.38. The molecule has 9 nitrogen and oxygen atoms in total. The number of rotatable bonds is 6. The van der Waals surface area contributed by atoms with Gasteiger partial charge in [0, 0.05) is 31.1 Å². The lowest BCUT2D eigenvalue weighted by atomic mass is 9.99. The van der Waals surface area contributed by atoms with E-state index >= 15 is 0 Å². The Morgan fingerprint density at radius 2 is 1.97 bits per heavy atom. The van der Waals surface area contributed by atoms with Crippen molar-refractivity contribution in [2.45, 2.75) is 57.5 Å². The van der Waals surface area contributed by atoms with Crippen LogP contribution in [0.1, 0.15) is 60.6 Å². The smallest absolute Gasteiger partial charge is 0.318 e. The number of aromatic hydroxyl groups is 1. The first kappa shape index (κ1) is 25.8. The molecule has 3 aromatic rings. The number of fused-ring (bicyclic) bond motifs is 2. The van der Waals surface area contributed by atoms with Gasteiger partial charge in [-0.2, -0.15) is 9.97 Å². The van der Waals surface area contributed by atoms with Crippen molar-refractivity contribution in [1.82, 2.24) is 9.97 Å². The second kappa shape index (κ2) is 10.2. The molecule has 39 heavy (non-hydrogen) atoms. The number of nitrogens with two attached hydrogens (primary N) is 1. The summed E-state index contributed by atoms with van der Waals surface area (Å²) >= 11 is 0. The van der Waals surface area contributed by atoms with Gasteiger partial charge in [0.2, 0.25) is 0 Å². The number of aryl methyl sites for hydroxylation is 1. The molecule has 2 saturated heterocycles. The van der Waals surface area contributed by atoms with Crippen LogP contribution in [-0.2, 0) is 17.7 Å². The second-order valence-electron chi connectivity index (χ2n) is 10.8. The average Bonchev–Trinajstić information content (AvgIpc) is 3.38. The Morgan fingerprint density at radius 3 is 2.69 bits per heavy atom. The molecule has 6 rings (SSSR count). The Labute approximate surface area is 226 Å². The topological polar surface area (TPSA) is 114 Å². The summed E-state index contributed by atoms with van der Waals surface area (Å²) in [5, 5.41) is 11.8. The number of phenols is 1. The number of amides is 1. The normalized spacial score (nSPS) is 21.5. The van der Waals surface area contributed by atoms with Gasteiger partial charge < -0.3 is 30.1 Å². The molecule has 3 aliphatic heterocycles. The highest BCUT2D eigenvalue weighted by Crippen LogP contribution is 2.41. The number of anilines is 2. The predicted molar refractivity (Wildman–Crippen MR) is 146 cm³/mol. The van der Waals surface area contributed by atoms with Gasteiger partial charge in [0.05, 0.1) is 30.1 Å². The molecule has 0 bridgehead atoms. The highest BCUT2D eigenvalue weighted by atomic mass is 19.1. The third-order valence-corrected chi connectivity index (χ3v) is 8.02. The van der Waals surface area contributed by atoms with Crippen LogP contribution in [0.25, 0.3) is 10.8 Å². The number of hydrogen-bond acceptors (Lipinski definition) is 8. The Bertz CT molecular complexity index is 1420. The zero-order valence-electron chi connectivity index (χ0n) is 22.2. The third-order valence-electron chi connectivity index (χ3n) is 8.02. The van der Waals surface area contributed by atoms with Crippen molar-refractivity contribution < 1.29 is 23.8 Å². The zero-order valence-corrected chi connectivity index (χ0v) is 22.2. The maximum Gasteiger partial charge on any atom is 0.318 e. The molecule has 4 heterocycles. The summed E-state index contributed by atoms with van der Waals surface area (Å²) in [5.74, 6) is -0.0452. The largest absolute Gasteiger partial charge is 0.508 e. The number of nitrogens with zero attached hydrogens (tertiary/aromatic N) is 4. The lowest BCUT2D eigenvalue weighted by molar-refractivity contribution is 0.0997. The average molecular weight is 536 g/mol. The van der Waals surface area contributed by atoms with Gasteiger partial charge in [-0.05, 0) is 48.8 Å². The Balaban J connectivity index is 1.43. The van der Waals surface area contributed by atoms with Crippen LogP contribution in [-0.4, -0.2) is 59.4 Å². The fraction of sp³-hybridized carbons (Fsp3) is 0.483. The quantitative estimate of drug-likeness (QED) is 0.486. The van der Waals surface area contributed by atoms with Crippen molar-refractivity contribution in [3.8, 4) is 11.8 Å². The first-order valence-corrected chi connectivity index (χ1v) is 13.8. The summed E-state index contributed by atoms with van der Waals surface area (Å²) in [6.45, 7) is 4.80. The number of carbonyl (C=O) groups excluding carboxylic acids is 1. The Kier molecular flexibility index (Phi) is 6.76. The minimum Gasteiger partial charge on any atom is -0.508 e. The number of hydrogen-bond donors (Lipinski definition) is 2. The van der Waals surface area contributed by atoms with Gasteiger partial charge in [-0.25, -0.2) is 4.39 Å². The zero-order chi connectivity index (χ0) is 27.1. The van der Waals surface area contributed by atoms with Crippen LogP contribution in [0.5, 0.6) is 11.8 Å². The molecule has 2 aromatic carbocycles. The van der Waals surface area contributed by atoms with E-state index in [1.54, 1.807) is 17.0 Å². The minimum atomic E-state index is -0.603. The van der Waals surface area contributed by atoms with Crippen LogP contribution in [0.2, 0.25) is 0 Å². The molecule has 1 amide bonds. The van der Waals surface area contributed by atoms with Crippen molar-refractivity contribution in [3.05, 3.63) is 46.9 Å². The highest BCUT2D eigenvalue weighted by molar-refractivity contribution is 6.16. The van der Waals surface area contributed by atoms with Crippen molar-refractivity contribution in [3.63, 3.8) is 0 Å². The Hall–Kier alpha value is -3.50. The molecular formula is C29H34FN5O4. The number of ether oxygens (including phenoxy) is 2. The lowest BCUT2D eigenvalue weighted by Gasteiger charge is -2.25. The van der Waals surface area contributed by atoms with Gasteiger partial charge in [0.1, 0.15) is 29.6 Å². The van der Waals surface area contributed by atoms with Gasteiger partial charge in [-0.1, -0.05) is 25.8 Å². The van der Waals surface area contributed by atoms with E-state index in [2.05, 4.69) is 9.88 Å². The number of benzene rings is 2. The predicted octanol–water partition coefficient (Wildman–Crippen LogP) is 4.07. The van der Waals surface area contributed by atoms with Gasteiger partial charge >= 0.3 is 6.01 Å². The Morgan fingerprint density at radius 1 is 1.18 bits per heavy atom. The van der Waals surface area contributed by atoms with Crippen LogP contribution in [0.3, 0.4) is 0 Å². The summed E-state index contributed by atoms with van der Waals surface area (Å²) in [4.78, 5) is 27.2. The summed E-state index contributed by atoms with van der Waals surface area (Å²) in [5.41, 5.74) is 7.75. The molecule has 1 atom stereocenters. The molecular weight excluding hydrogens is 501 g/mol. The number of aromatic nitrogens is 2. The fourth-order valence-electron chi connectivity index (χ4n) is 5.91. The van der Waals surface area contributed by atoms with Crippen molar-refractivity contribution >= 4 is 28.2 Å². The summed E-state index contributed by atoms with van der Waals surface area (Å²) in [6, 6.07) is 6.33. The maximum atomic E-state index is 14.9. The minimum absolute atomic E-state index is 0.00444. The van der Waals surface area contributed by atoms with Gasteiger partial charge in [-0.15, -0.1) is 0 Å². The van der Waals surface area contributed by atoms with E-state index in [0.717, 1.165) is 38.8 Å². The molecule has 0 spiro atoms. The third kappa shape index (κ3) is 4.76. The monoisotopic (exact) mass is 535 g/mol. The van der Waals surface area contributed by atoms with Crippen LogP contribution in [0.15, 0.2) is 24.3 Å². The number of carbonyl (C=O) groups is 1. The summed E-state index contributed by atoms with van der Waals surface area (Å²) in [6.07, 6.45) is 5.40. The molecule has 10 heteroatoms. The van der Waals surface area contributed by atoms with Crippen LogP contribution >= 0.6 is 0 Å². The van der Waals surface area contributed by atoms with E-state index in [1.165, 1.54) is 12.1 Å². The summed E-state index contributed by atoms with van der Waals surface area (Å²) in [7, 11) is 0. The molecule has 0 radical (unpaired) electrons. The molecule has 206 valence electrons. The molecule has 0 aliphatic carbocycles. The first-order valence-electron chi connectivity index (χ1n) is 13.8. The van der Waals surface area contributed by atoms with E-state index in [4.69, 9.17) is 20.2 Å². The van der Waals surface area contributed by atoms with Crippen molar-refractivity contribution in [2.75, 3.05) is 42.7 Å². The molecule has 0 saturated carbocycles. The molecule has 0 unspecified atom stereocenters. The van der Waals surface area contributed by atoms with Crippen LogP contribution < -0.4 is 20.3 Å². The number of phenolic OH excluding ortho intramolecular Hbond substituents is 1.